The van der Waals surface area contributed by atoms with Gasteiger partial charge in [-0.2, -0.15) is 5.10 Å². The first kappa shape index (κ1) is 15.1. The maximum absolute atomic E-state index is 13.5. The van der Waals surface area contributed by atoms with Crippen LogP contribution in [0.15, 0.2) is 18.2 Å². The smallest absolute Gasteiger partial charge is 0.247 e. The lowest BCUT2D eigenvalue weighted by Crippen LogP contribution is -2.01. The molecule has 0 aliphatic heterocycles. The lowest BCUT2D eigenvalue weighted by atomic mass is 10.1. The van der Waals surface area contributed by atoms with E-state index < -0.39 is 6.43 Å². The highest BCUT2D eigenvalue weighted by atomic mass is 32.1. The number of pyridine rings is 1. The van der Waals surface area contributed by atoms with Crippen LogP contribution in [0.5, 0.6) is 0 Å². The fraction of sp³-hybridized carbons (Fsp3) is 0.375. The maximum Gasteiger partial charge on any atom is 0.264 e. The number of alkyl halides is 2. The van der Waals surface area contributed by atoms with E-state index in [2.05, 4.69) is 10.1 Å². The highest BCUT2D eigenvalue weighted by Gasteiger charge is 2.21. The number of nitrogens with zero attached hydrogens (tertiary/aromatic N) is 3. The average molecular weight is 321 g/mol. The molecule has 0 saturated heterocycles. The Kier molecular flexibility index (Phi) is 3.95. The molecule has 0 atom stereocenters. The number of halogens is 2. The predicted molar refractivity (Wildman–Crippen MR) is 85.6 cm³/mol. The summed E-state index contributed by atoms with van der Waals surface area (Å²) in [6.45, 7) is 6.46. The lowest BCUT2D eigenvalue weighted by Gasteiger charge is -2.07. The maximum atomic E-state index is 13.5. The fourth-order valence-electron chi connectivity index (χ4n) is 2.62. The summed E-state index contributed by atoms with van der Waals surface area (Å²) >= 11 is 1.56. The number of hydrogen-bond acceptors (Lipinski definition) is 3. The van der Waals surface area contributed by atoms with Crippen molar-refractivity contribution in [1.82, 2.24) is 14.8 Å². The van der Waals surface area contributed by atoms with Gasteiger partial charge in [-0.15, -0.1) is 11.3 Å². The molecule has 0 radical (unpaired) electrons. The van der Waals surface area contributed by atoms with Crippen molar-refractivity contribution in [2.24, 2.45) is 0 Å². The van der Waals surface area contributed by atoms with Gasteiger partial charge in [-0.25, -0.2) is 18.4 Å². The van der Waals surface area contributed by atoms with Gasteiger partial charge in [0.1, 0.15) is 0 Å². The minimum atomic E-state index is -2.54. The van der Waals surface area contributed by atoms with Crippen molar-refractivity contribution in [2.75, 3.05) is 0 Å². The molecular formula is C16H17F2N3S. The van der Waals surface area contributed by atoms with E-state index in [-0.39, 0.29) is 5.56 Å². The molecule has 0 amide bonds. The van der Waals surface area contributed by atoms with E-state index in [1.54, 1.807) is 22.9 Å². The third kappa shape index (κ3) is 2.52. The zero-order chi connectivity index (χ0) is 15.9. The molecule has 3 aromatic heterocycles. The summed E-state index contributed by atoms with van der Waals surface area (Å²) in [5.41, 5.74) is 1.78. The summed E-state index contributed by atoms with van der Waals surface area (Å²) in [6.07, 6.45) is -1.66. The fourth-order valence-corrected chi connectivity index (χ4v) is 3.45. The van der Waals surface area contributed by atoms with Crippen molar-refractivity contribution in [3.8, 4) is 10.6 Å². The van der Waals surface area contributed by atoms with Gasteiger partial charge < -0.3 is 0 Å². The molecule has 3 aromatic rings. The van der Waals surface area contributed by atoms with Gasteiger partial charge in [0.15, 0.2) is 5.65 Å². The quantitative estimate of drug-likeness (QED) is 0.667. The molecule has 0 N–H and O–H groups in total. The summed E-state index contributed by atoms with van der Waals surface area (Å²) in [7, 11) is 0. The number of aryl methyl sites for hydroxylation is 3. The van der Waals surface area contributed by atoms with Gasteiger partial charge in [-0.3, -0.25) is 0 Å². The molecule has 0 fully saturated rings. The first-order chi connectivity index (χ1) is 10.5. The van der Waals surface area contributed by atoms with Crippen LogP contribution in [0.1, 0.15) is 35.9 Å². The Morgan fingerprint density at radius 3 is 2.64 bits per heavy atom. The number of rotatable bonds is 4. The molecule has 6 heteroatoms. The molecule has 0 unspecified atom stereocenters. The second-order valence-corrected chi connectivity index (χ2v) is 6.60. The predicted octanol–water partition coefficient (Wildman–Crippen LogP) is 5.12. The van der Waals surface area contributed by atoms with E-state index in [0.29, 0.717) is 29.0 Å². The van der Waals surface area contributed by atoms with Gasteiger partial charge in [0.25, 0.3) is 6.43 Å². The summed E-state index contributed by atoms with van der Waals surface area (Å²) in [5, 5.41) is 4.87. The highest BCUT2D eigenvalue weighted by molar-refractivity contribution is 7.15. The molecule has 3 nitrogen and oxygen atoms in total. The minimum absolute atomic E-state index is 0.0194. The van der Waals surface area contributed by atoms with Gasteiger partial charge in [0, 0.05) is 17.0 Å². The van der Waals surface area contributed by atoms with E-state index in [1.165, 1.54) is 6.07 Å². The zero-order valence-corrected chi connectivity index (χ0v) is 13.5. The van der Waals surface area contributed by atoms with E-state index >= 15 is 0 Å². The van der Waals surface area contributed by atoms with Crippen LogP contribution in [0, 0.1) is 13.8 Å². The van der Waals surface area contributed by atoms with Crippen LogP contribution in [0.4, 0.5) is 8.78 Å². The van der Waals surface area contributed by atoms with Crippen molar-refractivity contribution < 1.29 is 8.78 Å². The summed E-state index contributed by atoms with van der Waals surface area (Å²) in [5.74, 6) is 0. The van der Waals surface area contributed by atoms with Crippen LogP contribution in [-0.4, -0.2) is 14.8 Å². The third-order valence-electron chi connectivity index (χ3n) is 3.57. The number of fused-ring (bicyclic) bond motifs is 1. The molecule has 116 valence electrons. The van der Waals surface area contributed by atoms with Crippen molar-refractivity contribution in [1.29, 1.82) is 0 Å². The van der Waals surface area contributed by atoms with Crippen LogP contribution in [0.25, 0.3) is 21.6 Å². The van der Waals surface area contributed by atoms with E-state index in [4.69, 9.17) is 0 Å². The summed E-state index contributed by atoms with van der Waals surface area (Å²) in [4.78, 5) is 6.66. The zero-order valence-electron chi connectivity index (χ0n) is 12.7. The van der Waals surface area contributed by atoms with Crippen molar-refractivity contribution >= 4 is 22.4 Å². The van der Waals surface area contributed by atoms with E-state index in [9.17, 15) is 8.78 Å². The second kappa shape index (κ2) is 5.76. The SMILES string of the molecule is CCCn1nc(C)c2c(C(F)F)cc(-c3ccc(C)s3)nc21. The van der Waals surface area contributed by atoms with Crippen LogP contribution in [0.2, 0.25) is 0 Å². The number of hydrogen-bond donors (Lipinski definition) is 0. The van der Waals surface area contributed by atoms with Crippen LogP contribution in [-0.2, 0) is 6.54 Å². The van der Waals surface area contributed by atoms with Crippen molar-refractivity contribution in [3.05, 3.63) is 34.3 Å². The average Bonchev–Trinajstić information content (AvgIpc) is 3.03. The second-order valence-electron chi connectivity index (χ2n) is 5.31. The van der Waals surface area contributed by atoms with Crippen molar-refractivity contribution in [2.45, 2.75) is 40.2 Å². The molecule has 0 aliphatic carbocycles. The topological polar surface area (TPSA) is 30.7 Å². The third-order valence-corrected chi connectivity index (χ3v) is 4.59. The Morgan fingerprint density at radius 2 is 2.05 bits per heavy atom. The van der Waals surface area contributed by atoms with E-state index in [0.717, 1.165) is 16.2 Å². The van der Waals surface area contributed by atoms with Gasteiger partial charge in [-0.05, 0) is 38.5 Å². The van der Waals surface area contributed by atoms with Crippen LogP contribution < -0.4 is 0 Å². The standard InChI is InChI=1S/C16H17F2N3S/c1-4-7-21-16-14(10(3)20-21)11(15(17)18)8-12(19-16)13-6-5-9(2)22-13/h5-6,8,15H,4,7H2,1-3H3. The summed E-state index contributed by atoms with van der Waals surface area (Å²) in [6, 6.07) is 5.41. The monoisotopic (exact) mass is 321 g/mol. The Balaban J connectivity index is 2.29. The van der Waals surface area contributed by atoms with Crippen LogP contribution in [0.3, 0.4) is 0 Å². The molecule has 0 spiro atoms. The molecule has 0 bridgehead atoms. The minimum Gasteiger partial charge on any atom is -0.247 e. The normalized spacial score (nSPS) is 11.7. The molecule has 0 aromatic carbocycles. The first-order valence-electron chi connectivity index (χ1n) is 7.24. The Bertz CT molecular complexity index is 820. The first-order valence-corrected chi connectivity index (χ1v) is 8.06. The Morgan fingerprint density at radius 1 is 1.27 bits per heavy atom. The number of aromatic nitrogens is 3. The molecule has 3 heterocycles. The Labute approximate surface area is 131 Å². The van der Waals surface area contributed by atoms with Crippen LogP contribution >= 0.6 is 11.3 Å². The van der Waals surface area contributed by atoms with Gasteiger partial charge >= 0.3 is 0 Å². The molecule has 22 heavy (non-hydrogen) atoms. The molecule has 0 saturated carbocycles. The van der Waals surface area contributed by atoms with Crippen molar-refractivity contribution in [3.63, 3.8) is 0 Å². The lowest BCUT2D eigenvalue weighted by molar-refractivity contribution is 0.153. The molecule has 3 rings (SSSR count). The number of thiophene rings is 1. The molecule has 0 aliphatic rings. The van der Waals surface area contributed by atoms with E-state index in [1.807, 2.05) is 26.0 Å². The highest BCUT2D eigenvalue weighted by Crippen LogP contribution is 2.35. The van der Waals surface area contributed by atoms with Gasteiger partial charge in [0.05, 0.1) is 21.7 Å². The van der Waals surface area contributed by atoms with Gasteiger partial charge in [0.2, 0.25) is 0 Å². The summed E-state index contributed by atoms with van der Waals surface area (Å²) < 4.78 is 28.8. The molecular weight excluding hydrogens is 304 g/mol. The van der Waals surface area contributed by atoms with Gasteiger partial charge in [-0.1, -0.05) is 6.92 Å². The Hall–Kier alpha value is -1.82. The largest absolute Gasteiger partial charge is 0.264 e.